The Balaban J connectivity index is 1.37. The number of benzene rings is 6. The summed E-state index contributed by atoms with van der Waals surface area (Å²) in [5.74, 6) is -27.3. The van der Waals surface area contributed by atoms with Crippen molar-refractivity contribution in [3.8, 4) is 11.8 Å². The van der Waals surface area contributed by atoms with Crippen LogP contribution in [0, 0.1) is 93.3 Å². The van der Waals surface area contributed by atoms with Crippen LogP contribution < -0.4 is 0 Å². The lowest BCUT2D eigenvalue weighted by Crippen LogP contribution is -2.06. The lowest BCUT2D eigenvalue weighted by atomic mass is 10.0. The van der Waals surface area contributed by atoms with Crippen LogP contribution in [0.4, 0.5) is 61.5 Å². The zero-order valence-corrected chi connectivity index (χ0v) is 22.9. The summed E-state index contributed by atoms with van der Waals surface area (Å²) in [5, 5.41) is -6.13. The first-order chi connectivity index (χ1) is 22.6. The highest BCUT2D eigenvalue weighted by Gasteiger charge is 2.31. The molecule has 0 spiro atoms. The molecule has 0 unspecified atom stereocenters. The largest absolute Gasteiger partial charge is 0.205 e. The van der Waals surface area contributed by atoms with E-state index < -0.39 is 114 Å². The van der Waals surface area contributed by atoms with Gasteiger partial charge >= 0.3 is 0 Å². The van der Waals surface area contributed by atoms with E-state index in [2.05, 4.69) is 5.92 Å². The first kappa shape index (κ1) is 32.4. The maximum Gasteiger partial charge on any atom is 0.198 e. The zero-order chi connectivity index (χ0) is 34.9. The topological polar surface area (TPSA) is 0 Å². The van der Waals surface area contributed by atoms with E-state index in [0.717, 1.165) is 6.08 Å². The lowest BCUT2D eigenvalue weighted by molar-refractivity contribution is 0.411. The second kappa shape index (κ2) is 11.6. The highest BCUT2D eigenvalue weighted by atomic mass is 19.2. The third kappa shape index (κ3) is 4.80. The van der Waals surface area contributed by atoms with E-state index >= 15 is 0 Å². The van der Waals surface area contributed by atoms with Crippen molar-refractivity contribution in [2.75, 3.05) is 0 Å². The smallest absolute Gasteiger partial charge is 0.198 e. The number of halogens is 14. The second-order valence-electron chi connectivity index (χ2n) is 10.1. The first-order valence-corrected chi connectivity index (χ1v) is 13.0. The standard InChI is InChI=1S/C34H8F14/c35-21-15(23(37)25(39)19-17(21)27(41)31(45)33(47)29(19)43)7-3-11-1-5-13-10-12(2-6-14(13)9-11)4-8-16-22(36)18-20(26(40)24(16)38)30(44)34(48)32(46)28(18)42/h1-3,5-7,9-10H. The molecule has 0 radical (unpaired) electrons. The molecular weight excluding hydrogens is 674 g/mol. The first-order valence-electron chi connectivity index (χ1n) is 13.0. The van der Waals surface area contributed by atoms with Gasteiger partial charge in [0.2, 0.25) is 0 Å². The summed E-state index contributed by atoms with van der Waals surface area (Å²) in [4.78, 5) is 0. The van der Waals surface area contributed by atoms with Gasteiger partial charge in [0.25, 0.3) is 0 Å². The van der Waals surface area contributed by atoms with Gasteiger partial charge in [-0.1, -0.05) is 36.1 Å². The average Bonchev–Trinajstić information content (AvgIpc) is 3.07. The Hall–Kier alpha value is -5.58. The molecule has 0 saturated carbocycles. The number of hydrogen-bond donors (Lipinski definition) is 0. The minimum atomic E-state index is -2.48. The molecule has 0 bridgehead atoms. The van der Waals surface area contributed by atoms with E-state index in [1.165, 1.54) is 36.4 Å². The highest BCUT2D eigenvalue weighted by Crippen LogP contribution is 2.36. The molecule has 6 aromatic carbocycles. The van der Waals surface area contributed by atoms with Crippen molar-refractivity contribution in [3.63, 3.8) is 0 Å². The Bertz CT molecular complexity index is 2500. The molecule has 0 heterocycles. The molecule has 0 amide bonds. The van der Waals surface area contributed by atoms with E-state index in [9.17, 15) is 61.5 Å². The molecule has 0 atom stereocenters. The summed E-state index contributed by atoms with van der Waals surface area (Å²) in [6.45, 7) is 0. The third-order valence-electron chi connectivity index (χ3n) is 7.35. The molecule has 0 aliphatic rings. The molecule has 0 saturated heterocycles. The molecule has 0 aromatic heterocycles. The molecule has 6 aromatic rings. The zero-order valence-electron chi connectivity index (χ0n) is 22.9. The van der Waals surface area contributed by atoms with Crippen molar-refractivity contribution >= 4 is 44.5 Å². The fourth-order valence-corrected chi connectivity index (χ4v) is 5.00. The van der Waals surface area contributed by atoms with Gasteiger partial charge in [0, 0.05) is 11.1 Å². The summed E-state index contributed by atoms with van der Waals surface area (Å²) >= 11 is 0. The predicted octanol–water partition coefficient (Wildman–Crippen LogP) is 10.7. The van der Waals surface area contributed by atoms with Crippen molar-refractivity contribution in [3.05, 3.63) is 140 Å². The highest BCUT2D eigenvalue weighted by molar-refractivity contribution is 5.91. The van der Waals surface area contributed by atoms with Crippen LogP contribution in [-0.2, 0) is 0 Å². The summed E-state index contributed by atoms with van der Waals surface area (Å²) in [6.07, 6.45) is 1.65. The molecule has 48 heavy (non-hydrogen) atoms. The number of rotatable bonds is 2. The van der Waals surface area contributed by atoms with Crippen LogP contribution in [0.1, 0.15) is 22.3 Å². The van der Waals surface area contributed by atoms with E-state index in [-0.39, 0.29) is 11.1 Å². The van der Waals surface area contributed by atoms with Gasteiger partial charge in [-0.25, -0.2) is 61.5 Å². The molecule has 0 N–H and O–H groups in total. The summed E-state index contributed by atoms with van der Waals surface area (Å²) in [7, 11) is 0. The van der Waals surface area contributed by atoms with Crippen LogP contribution in [0.2, 0.25) is 0 Å². The second-order valence-corrected chi connectivity index (χ2v) is 10.1. The van der Waals surface area contributed by atoms with Gasteiger partial charge in [-0.05, 0) is 40.6 Å². The Kier molecular flexibility index (Phi) is 7.81. The fourth-order valence-electron chi connectivity index (χ4n) is 5.00. The molecule has 0 nitrogen and oxygen atoms in total. The van der Waals surface area contributed by atoms with Crippen molar-refractivity contribution < 1.29 is 61.5 Å². The minimum absolute atomic E-state index is 0.0238. The van der Waals surface area contributed by atoms with E-state index in [4.69, 9.17) is 0 Å². The van der Waals surface area contributed by atoms with Gasteiger partial charge in [-0.15, -0.1) is 0 Å². The molecule has 0 aliphatic carbocycles. The van der Waals surface area contributed by atoms with Gasteiger partial charge < -0.3 is 0 Å². The molecular formula is C34H8F14. The van der Waals surface area contributed by atoms with Crippen LogP contribution >= 0.6 is 0 Å². The van der Waals surface area contributed by atoms with Crippen LogP contribution in [0.5, 0.6) is 0 Å². The number of hydrogen-bond acceptors (Lipinski definition) is 0. The number of fused-ring (bicyclic) bond motifs is 3. The van der Waals surface area contributed by atoms with Gasteiger partial charge in [0.1, 0.15) is 11.4 Å². The molecule has 6 rings (SSSR count). The minimum Gasteiger partial charge on any atom is -0.205 e. The molecule has 0 aliphatic heterocycles. The van der Waals surface area contributed by atoms with Gasteiger partial charge in [-0.2, -0.15) is 0 Å². The van der Waals surface area contributed by atoms with Gasteiger partial charge in [-0.3, -0.25) is 0 Å². The Morgan fingerprint density at radius 2 is 0.792 bits per heavy atom. The Morgan fingerprint density at radius 3 is 1.35 bits per heavy atom. The summed E-state index contributed by atoms with van der Waals surface area (Å²) in [6, 6.07) is 8.11. The normalized spacial score (nSPS) is 11.7. The summed E-state index contributed by atoms with van der Waals surface area (Å²) in [5.41, 5.74) is -2.44. The van der Waals surface area contributed by atoms with Crippen molar-refractivity contribution in [1.82, 2.24) is 0 Å². The maximum atomic E-state index is 15.0. The quantitative estimate of drug-likeness (QED) is 0.0561. The van der Waals surface area contributed by atoms with Gasteiger partial charge in [0.05, 0.1) is 21.5 Å². The van der Waals surface area contributed by atoms with E-state index in [1.807, 2.05) is 5.92 Å². The SMILES string of the molecule is Fc1c(F)c(F)c2c(F)c(C#Cc3ccc4cc(C=Cc5c(F)c(F)c6c(F)c(F)c(F)c(F)c6c5F)ccc4c3)c(F)c(F)c2c1F. The van der Waals surface area contributed by atoms with Crippen molar-refractivity contribution in [2.45, 2.75) is 0 Å². The van der Waals surface area contributed by atoms with Crippen molar-refractivity contribution in [1.29, 1.82) is 0 Å². The van der Waals surface area contributed by atoms with Crippen LogP contribution in [0.25, 0.3) is 44.5 Å². The van der Waals surface area contributed by atoms with Crippen LogP contribution in [0.15, 0.2) is 36.4 Å². The average molecular weight is 682 g/mol. The van der Waals surface area contributed by atoms with Crippen LogP contribution in [-0.4, -0.2) is 0 Å². The van der Waals surface area contributed by atoms with Crippen LogP contribution in [0.3, 0.4) is 0 Å². The molecule has 0 fully saturated rings. The third-order valence-corrected chi connectivity index (χ3v) is 7.35. The van der Waals surface area contributed by atoms with E-state index in [0.29, 0.717) is 16.8 Å². The van der Waals surface area contributed by atoms with E-state index in [1.54, 1.807) is 0 Å². The lowest BCUT2D eigenvalue weighted by Gasteiger charge is -2.10. The molecule has 14 heteroatoms. The fraction of sp³-hybridized carbons (Fsp3) is 0. The Morgan fingerprint density at radius 1 is 0.354 bits per heavy atom. The van der Waals surface area contributed by atoms with Gasteiger partial charge in [0.15, 0.2) is 75.6 Å². The monoisotopic (exact) mass is 682 g/mol. The molecule has 242 valence electrons. The maximum absolute atomic E-state index is 15.0. The Labute approximate surface area is 258 Å². The van der Waals surface area contributed by atoms with Crippen molar-refractivity contribution in [2.24, 2.45) is 0 Å². The summed E-state index contributed by atoms with van der Waals surface area (Å²) < 4.78 is 199. The predicted molar refractivity (Wildman–Crippen MR) is 146 cm³/mol.